The van der Waals surface area contributed by atoms with E-state index in [1.807, 2.05) is 17.5 Å². The second-order valence-corrected chi connectivity index (χ2v) is 5.06. The highest BCUT2D eigenvalue weighted by atomic mass is 32.1. The van der Waals surface area contributed by atoms with Gasteiger partial charge in [-0.15, -0.1) is 11.3 Å². The van der Waals surface area contributed by atoms with Crippen molar-refractivity contribution in [3.63, 3.8) is 0 Å². The number of nitrogens with zero attached hydrogens (tertiary/aromatic N) is 2. The average molecular weight is 236 g/mol. The van der Waals surface area contributed by atoms with Crippen LogP contribution >= 0.6 is 11.3 Å². The number of aromatic nitrogens is 3. The molecule has 0 saturated heterocycles. The van der Waals surface area contributed by atoms with Crippen molar-refractivity contribution in [2.75, 3.05) is 6.54 Å². The van der Waals surface area contributed by atoms with Crippen LogP contribution in [-0.2, 0) is 0 Å². The van der Waals surface area contributed by atoms with Gasteiger partial charge in [0, 0.05) is 12.5 Å². The minimum absolute atomic E-state index is 0.251. The Labute approximate surface area is 98.9 Å². The maximum absolute atomic E-state index is 5.75. The maximum Gasteiger partial charge on any atom is 0.191 e. The van der Waals surface area contributed by atoms with Crippen LogP contribution in [0.4, 0.5) is 0 Å². The van der Waals surface area contributed by atoms with Gasteiger partial charge in [0.05, 0.1) is 4.88 Å². The minimum Gasteiger partial charge on any atom is -0.330 e. The quantitative estimate of drug-likeness (QED) is 0.855. The molecule has 3 N–H and O–H groups in total. The van der Waals surface area contributed by atoms with Gasteiger partial charge in [-0.1, -0.05) is 19.9 Å². The topological polar surface area (TPSA) is 67.6 Å². The summed E-state index contributed by atoms with van der Waals surface area (Å²) in [5, 5.41) is 9.24. The molecule has 16 heavy (non-hydrogen) atoms. The van der Waals surface area contributed by atoms with Crippen LogP contribution in [-0.4, -0.2) is 21.7 Å². The van der Waals surface area contributed by atoms with Gasteiger partial charge in [0.2, 0.25) is 0 Å². The summed E-state index contributed by atoms with van der Waals surface area (Å²) in [4.78, 5) is 5.59. The van der Waals surface area contributed by atoms with Gasteiger partial charge in [-0.25, -0.2) is 4.98 Å². The van der Waals surface area contributed by atoms with Gasteiger partial charge >= 0.3 is 0 Å². The highest BCUT2D eigenvalue weighted by molar-refractivity contribution is 7.13. The van der Waals surface area contributed by atoms with E-state index >= 15 is 0 Å². The SMILES string of the molecule is CC(C)C(CN)c1nc(-c2cccs2)n[nH]1. The lowest BCUT2D eigenvalue weighted by Gasteiger charge is -2.14. The van der Waals surface area contributed by atoms with Gasteiger partial charge in [-0.2, -0.15) is 5.10 Å². The van der Waals surface area contributed by atoms with Crippen molar-refractivity contribution in [3.8, 4) is 10.7 Å². The molecule has 0 aromatic carbocycles. The predicted octanol–water partition coefficient (Wildman–Crippen LogP) is 2.23. The van der Waals surface area contributed by atoms with Crippen molar-refractivity contribution in [1.82, 2.24) is 15.2 Å². The summed E-state index contributed by atoms with van der Waals surface area (Å²) in [6.07, 6.45) is 0. The third-order valence-corrected chi connectivity index (χ3v) is 3.52. The molecule has 1 atom stereocenters. The van der Waals surface area contributed by atoms with Crippen molar-refractivity contribution in [1.29, 1.82) is 0 Å². The Kier molecular flexibility index (Phi) is 3.36. The Morgan fingerprint density at radius 2 is 2.31 bits per heavy atom. The fourth-order valence-corrected chi connectivity index (χ4v) is 2.31. The van der Waals surface area contributed by atoms with Crippen molar-refractivity contribution in [2.45, 2.75) is 19.8 Å². The number of nitrogens with two attached hydrogens (primary N) is 1. The summed E-state index contributed by atoms with van der Waals surface area (Å²) in [6, 6.07) is 4.02. The van der Waals surface area contributed by atoms with Crippen molar-refractivity contribution in [2.24, 2.45) is 11.7 Å². The second kappa shape index (κ2) is 4.76. The largest absolute Gasteiger partial charge is 0.330 e. The van der Waals surface area contributed by atoms with E-state index in [0.29, 0.717) is 12.5 Å². The summed E-state index contributed by atoms with van der Waals surface area (Å²) in [5.74, 6) is 2.38. The van der Waals surface area contributed by atoms with E-state index in [4.69, 9.17) is 5.73 Å². The molecule has 2 aromatic rings. The lowest BCUT2D eigenvalue weighted by atomic mass is 9.95. The zero-order valence-corrected chi connectivity index (χ0v) is 10.3. The summed E-state index contributed by atoms with van der Waals surface area (Å²) in [5.41, 5.74) is 5.75. The summed E-state index contributed by atoms with van der Waals surface area (Å²) < 4.78 is 0. The van der Waals surface area contributed by atoms with E-state index in [1.165, 1.54) is 0 Å². The molecule has 0 spiro atoms. The Balaban J connectivity index is 2.25. The zero-order valence-electron chi connectivity index (χ0n) is 9.47. The van der Waals surface area contributed by atoms with Gasteiger partial charge < -0.3 is 5.73 Å². The van der Waals surface area contributed by atoms with Crippen LogP contribution in [0, 0.1) is 5.92 Å². The number of aromatic amines is 1. The van der Waals surface area contributed by atoms with Crippen LogP contribution in [0.3, 0.4) is 0 Å². The molecule has 5 heteroatoms. The molecule has 0 radical (unpaired) electrons. The van der Waals surface area contributed by atoms with Crippen molar-refractivity contribution >= 4 is 11.3 Å². The first-order chi connectivity index (χ1) is 7.72. The van der Waals surface area contributed by atoms with Crippen molar-refractivity contribution < 1.29 is 0 Å². The number of H-pyrrole nitrogens is 1. The molecule has 0 aliphatic carbocycles. The molecule has 0 aliphatic heterocycles. The Hall–Kier alpha value is -1.20. The summed E-state index contributed by atoms with van der Waals surface area (Å²) in [6.45, 7) is 4.88. The van der Waals surface area contributed by atoms with Gasteiger partial charge in [-0.05, 0) is 17.4 Å². The molecule has 0 fully saturated rings. The van der Waals surface area contributed by atoms with Crippen LogP contribution in [0.1, 0.15) is 25.6 Å². The van der Waals surface area contributed by atoms with Crippen LogP contribution < -0.4 is 5.73 Å². The van der Waals surface area contributed by atoms with E-state index in [1.54, 1.807) is 11.3 Å². The molecule has 2 rings (SSSR count). The molecule has 0 amide bonds. The number of hydrogen-bond acceptors (Lipinski definition) is 4. The van der Waals surface area contributed by atoms with Crippen LogP contribution in [0.2, 0.25) is 0 Å². The van der Waals surface area contributed by atoms with Gasteiger partial charge in [0.25, 0.3) is 0 Å². The summed E-state index contributed by atoms with van der Waals surface area (Å²) in [7, 11) is 0. The van der Waals surface area contributed by atoms with Crippen LogP contribution in [0.25, 0.3) is 10.7 Å². The monoisotopic (exact) mass is 236 g/mol. The molecule has 0 bridgehead atoms. The van der Waals surface area contributed by atoms with Gasteiger partial charge in [0.1, 0.15) is 5.82 Å². The lowest BCUT2D eigenvalue weighted by Crippen LogP contribution is -2.19. The molecule has 0 saturated carbocycles. The van der Waals surface area contributed by atoms with E-state index in [9.17, 15) is 0 Å². The first-order valence-corrected chi connectivity index (χ1v) is 6.26. The fraction of sp³-hybridized carbons (Fsp3) is 0.455. The highest BCUT2D eigenvalue weighted by Gasteiger charge is 2.18. The molecular weight excluding hydrogens is 220 g/mol. The molecule has 86 valence electrons. The molecule has 2 aromatic heterocycles. The zero-order chi connectivity index (χ0) is 11.5. The van der Waals surface area contributed by atoms with Gasteiger partial charge in [0.15, 0.2) is 5.82 Å². The highest BCUT2D eigenvalue weighted by Crippen LogP contribution is 2.24. The standard InChI is InChI=1S/C11H16N4S/c1-7(2)8(6-12)10-13-11(15-14-10)9-4-3-5-16-9/h3-5,7-8H,6,12H2,1-2H3,(H,13,14,15). The van der Waals surface area contributed by atoms with Crippen LogP contribution in [0.15, 0.2) is 17.5 Å². The molecule has 2 heterocycles. The van der Waals surface area contributed by atoms with E-state index in [-0.39, 0.29) is 5.92 Å². The predicted molar refractivity (Wildman–Crippen MR) is 66.3 cm³/mol. The van der Waals surface area contributed by atoms with E-state index < -0.39 is 0 Å². The summed E-state index contributed by atoms with van der Waals surface area (Å²) >= 11 is 1.64. The Morgan fingerprint density at radius 1 is 1.50 bits per heavy atom. The van der Waals surface area contributed by atoms with E-state index in [2.05, 4.69) is 29.0 Å². The fourth-order valence-electron chi connectivity index (χ4n) is 1.66. The Bertz CT molecular complexity index is 433. The average Bonchev–Trinajstić information content (AvgIpc) is 2.86. The molecular formula is C11H16N4S. The number of rotatable bonds is 4. The second-order valence-electron chi connectivity index (χ2n) is 4.11. The molecule has 4 nitrogen and oxygen atoms in total. The van der Waals surface area contributed by atoms with Gasteiger partial charge in [-0.3, -0.25) is 5.10 Å². The maximum atomic E-state index is 5.75. The third kappa shape index (κ3) is 2.15. The third-order valence-electron chi connectivity index (χ3n) is 2.65. The number of thiophene rings is 1. The molecule has 0 aliphatic rings. The van der Waals surface area contributed by atoms with Crippen molar-refractivity contribution in [3.05, 3.63) is 23.3 Å². The first-order valence-electron chi connectivity index (χ1n) is 5.38. The molecule has 1 unspecified atom stereocenters. The number of nitrogens with one attached hydrogen (secondary N) is 1. The van der Waals surface area contributed by atoms with E-state index in [0.717, 1.165) is 16.5 Å². The smallest absolute Gasteiger partial charge is 0.191 e. The minimum atomic E-state index is 0.251. The number of hydrogen-bond donors (Lipinski definition) is 2. The van der Waals surface area contributed by atoms with Crippen LogP contribution in [0.5, 0.6) is 0 Å². The lowest BCUT2D eigenvalue weighted by molar-refractivity contribution is 0.485. The first kappa shape index (κ1) is 11.3. The normalized spacial score (nSPS) is 13.2. The Morgan fingerprint density at radius 3 is 2.88 bits per heavy atom.